The van der Waals surface area contributed by atoms with Gasteiger partial charge in [0, 0.05) is 0 Å². The second-order valence-corrected chi connectivity index (χ2v) is 5.93. The van der Waals surface area contributed by atoms with E-state index < -0.39 is 6.04 Å². The van der Waals surface area contributed by atoms with E-state index in [2.05, 4.69) is 20.5 Å². The number of aromatic nitrogens is 4. The van der Waals surface area contributed by atoms with E-state index in [0.717, 1.165) is 16.6 Å². The maximum absolute atomic E-state index is 11.6. The van der Waals surface area contributed by atoms with Crippen LogP contribution in [0.4, 0.5) is 5.82 Å². The summed E-state index contributed by atoms with van der Waals surface area (Å²) in [5, 5.41) is 10.8. The summed E-state index contributed by atoms with van der Waals surface area (Å²) >= 11 is 0. The van der Waals surface area contributed by atoms with Gasteiger partial charge < -0.3 is 15.0 Å². The Bertz CT molecular complexity index is 1090. The van der Waals surface area contributed by atoms with Crippen LogP contribution in [0.2, 0.25) is 0 Å². The molecule has 0 radical (unpaired) electrons. The van der Waals surface area contributed by atoms with Crippen molar-refractivity contribution in [2.75, 3.05) is 12.8 Å². The molecule has 2 N–H and O–H groups in total. The minimum Gasteiger partial charge on any atom is -0.497 e. The number of benzene rings is 2. The summed E-state index contributed by atoms with van der Waals surface area (Å²) in [6, 6.07) is 14.1. The smallest absolute Gasteiger partial charge is 0.199 e. The van der Waals surface area contributed by atoms with Crippen molar-refractivity contribution in [3.8, 4) is 17.3 Å². The van der Waals surface area contributed by atoms with Crippen molar-refractivity contribution in [2.45, 2.75) is 12.6 Å². The molecule has 0 aliphatic rings. The van der Waals surface area contributed by atoms with Crippen LogP contribution in [0, 0.1) is 4.91 Å². The Hall–Kier alpha value is -3.75. The van der Waals surface area contributed by atoms with Crippen molar-refractivity contribution >= 4 is 16.9 Å². The predicted molar refractivity (Wildman–Crippen MR) is 99.0 cm³/mol. The van der Waals surface area contributed by atoms with E-state index in [1.807, 2.05) is 41.0 Å². The number of para-hydroxylation sites is 2. The third-order valence-corrected chi connectivity index (χ3v) is 4.36. The van der Waals surface area contributed by atoms with Gasteiger partial charge in [-0.3, -0.25) is 0 Å². The normalized spacial score (nSPS) is 12.2. The highest BCUT2D eigenvalue weighted by Gasteiger charge is 2.22. The molecular formula is C18H16N6O3. The average molecular weight is 364 g/mol. The zero-order valence-corrected chi connectivity index (χ0v) is 14.4. The number of anilines is 1. The van der Waals surface area contributed by atoms with Crippen LogP contribution in [0.5, 0.6) is 5.75 Å². The summed E-state index contributed by atoms with van der Waals surface area (Å²) in [6.07, 6.45) is 0. The van der Waals surface area contributed by atoms with Gasteiger partial charge >= 0.3 is 0 Å². The first-order valence-corrected chi connectivity index (χ1v) is 8.21. The molecule has 9 heteroatoms. The molecule has 0 bridgehead atoms. The number of nitroso groups, excluding NO2 is 1. The molecule has 4 rings (SSSR count). The fraction of sp³-hybridized carbons (Fsp3) is 0.167. The molecule has 0 saturated heterocycles. The van der Waals surface area contributed by atoms with Gasteiger partial charge in [0.15, 0.2) is 17.3 Å². The SMILES string of the molecule is COc1ccc(C(Cn2c(-c3nonc3N)nc3ccccc32)N=O)cc1. The van der Waals surface area contributed by atoms with Crippen LogP contribution in [-0.2, 0) is 6.54 Å². The Labute approximate surface area is 153 Å². The van der Waals surface area contributed by atoms with Gasteiger partial charge in [-0.25, -0.2) is 9.61 Å². The lowest BCUT2D eigenvalue weighted by Gasteiger charge is -2.13. The second-order valence-electron chi connectivity index (χ2n) is 5.93. The fourth-order valence-electron chi connectivity index (χ4n) is 2.99. The first kappa shape index (κ1) is 16.7. The lowest BCUT2D eigenvalue weighted by Crippen LogP contribution is -2.09. The van der Waals surface area contributed by atoms with Gasteiger partial charge in [-0.05, 0) is 40.1 Å². The van der Waals surface area contributed by atoms with Gasteiger partial charge in [0.05, 0.1) is 24.7 Å². The van der Waals surface area contributed by atoms with Crippen LogP contribution in [0.3, 0.4) is 0 Å². The molecule has 0 amide bonds. The summed E-state index contributed by atoms with van der Waals surface area (Å²) in [6.45, 7) is 0.262. The molecular weight excluding hydrogens is 348 g/mol. The minimum absolute atomic E-state index is 0.131. The average Bonchev–Trinajstić information content (AvgIpc) is 3.29. The van der Waals surface area contributed by atoms with E-state index in [1.165, 1.54) is 0 Å². The molecule has 136 valence electrons. The fourth-order valence-corrected chi connectivity index (χ4v) is 2.99. The Kier molecular flexibility index (Phi) is 4.25. The van der Waals surface area contributed by atoms with Crippen molar-refractivity contribution in [2.24, 2.45) is 5.18 Å². The predicted octanol–water partition coefficient (Wildman–Crippen LogP) is 3.18. The van der Waals surface area contributed by atoms with Crippen LogP contribution in [-0.4, -0.2) is 27.0 Å². The van der Waals surface area contributed by atoms with Crippen molar-refractivity contribution in [3.05, 3.63) is 59.0 Å². The number of hydrogen-bond donors (Lipinski definition) is 1. The lowest BCUT2D eigenvalue weighted by atomic mass is 10.1. The molecule has 0 aliphatic carbocycles. The Morgan fingerprint density at radius 2 is 1.96 bits per heavy atom. The summed E-state index contributed by atoms with van der Waals surface area (Å²) in [5.74, 6) is 1.31. The van der Waals surface area contributed by atoms with E-state index >= 15 is 0 Å². The number of nitrogens with two attached hydrogens (primary N) is 1. The number of rotatable bonds is 6. The summed E-state index contributed by atoms with van der Waals surface area (Å²) in [5.41, 5.74) is 8.51. The van der Waals surface area contributed by atoms with E-state index in [0.29, 0.717) is 17.3 Å². The molecule has 4 aromatic rings. The van der Waals surface area contributed by atoms with Gasteiger partial charge in [-0.2, -0.15) is 4.91 Å². The third-order valence-electron chi connectivity index (χ3n) is 4.36. The van der Waals surface area contributed by atoms with Crippen LogP contribution < -0.4 is 10.5 Å². The number of ether oxygens (including phenoxy) is 1. The van der Waals surface area contributed by atoms with Crippen LogP contribution >= 0.6 is 0 Å². The van der Waals surface area contributed by atoms with Gasteiger partial charge in [0.25, 0.3) is 0 Å². The zero-order valence-electron chi connectivity index (χ0n) is 14.4. The van der Waals surface area contributed by atoms with Gasteiger partial charge in [-0.1, -0.05) is 29.4 Å². The Balaban J connectivity index is 1.79. The van der Waals surface area contributed by atoms with Crippen molar-refractivity contribution in [3.63, 3.8) is 0 Å². The van der Waals surface area contributed by atoms with E-state index in [-0.39, 0.29) is 12.4 Å². The van der Waals surface area contributed by atoms with Crippen LogP contribution in [0.15, 0.2) is 58.3 Å². The first-order chi connectivity index (χ1) is 13.2. The van der Waals surface area contributed by atoms with Gasteiger partial charge in [-0.15, -0.1) is 0 Å². The number of hydrogen-bond acceptors (Lipinski definition) is 8. The number of fused-ring (bicyclic) bond motifs is 1. The largest absolute Gasteiger partial charge is 0.497 e. The number of nitrogen functional groups attached to an aromatic ring is 1. The Morgan fingerprint density at radius 3 is 2.63 bits per heavy atom. The van der Waals surface area contributed by atoms with Crippen LogP contribution in [0.25, 0.3) is 22.6 Å². The maximum atomic E-state index is 11.6. The number of methoxy groups -OCH3 is 1. The molecule has 0 aliphatic heterocycles. The molecule has 0 spiro atoms. The minimum atomic E-state index is -0.631. The quantitative estimate of drug-likeness (QED) is 0.521. The monoisotopic (exact) mass is 364 g/mol. The van der Waals surface area contributed by atoms with Crippen molar-refractivity contribution in [1.29, 1.82) is 0 Å². The molecule has 1 atom stereocenters. The molecule has 0 fully saturated rings. The lowest BCUT2D eigenvalue weighted by molar-refractivity contribution is 0.310. The van der Waals surface area contributed by atoms with E-state index in [4.69, 9.17) is 15.1 Å². The summed E-state index contributed by atoms with van der Waals surface area (Å²) in [7, 11) is 1.59. The Morgan fingerprint density at radius 1 is 1.19 bits per heavy atom. The molecule has 9 nitrogen and oxygen atoms in total. The standard InChI is InChI=1S/C18H16N6O3/c1-26-12-8-6-11(7-9-12)14(21-25)10-24-15-5-3-2-4-13(15)20-18(24)16-17(19)23-27-22-16/h2-9,14H,10H2,1H3,(H2,19,23). The summed E-state index contributed by atoms with van der Waals surface area (Å²) < 4.78 is 11.7. The third kappa shape index (κ3) is 2.99. The van der Waals surface area contributed by atoms with Crippen LogP contribution in [0.1, 0.15) is 11.6 Å². The maximum Gasteiger partial charge on any atom is 0.199 e. The van der Waals surface area contributed by atoms with Crippen molar-refractivity contribution < 1.29 is 9.37 Å². The molecule has 2 heterocycles. The molecule has 1 unspecified atom stereocenters. The van der Waals surface area contributed by atoms with Gasteiger partial charge in [0.1, 0.15) is 11.8 Å². The number of imidazole rings is 1. The molecule has 2 aromatic heterocycles. The first-order valence-electron chi connectivity index (χ1n) is 8.21. The molecule has 2 aromatic carbocycles. The zero-order chi connectivity index (χ0) is 18.8. The molecule has 27 heavy (non-hydrogen) atoms. The highest BCUT2D eigenvalue weighted by atomic mass is 16.6. The highest BCUT2D eigenvalue weighted by Crippen LogP contribution is 2.30. The topological polar surface area (TPSA) is 121 Å². The highest BCUT2D eigenvalue weighted by molar-refractivity contribution is 5.81. The van der Waals surface area contributed by atoms with Crippen molar-refractivity contribution in [1.82, 2.24) is 19.9 Å². The number of nitrogens with zero attached hydrogens (tertiary/aromatic N) is 5. The summed E-state index contributed by atoms with van der Waals surface area (Å²) in [4.78, 5) is 16.2. The second kappa shape index (κ2) is 6.87. The van der Waals surface area contributed by atoms with E-state index in [9.17, 15) is 4.91 Å². The van der Waals surface area contributed by atoms with E-state index in [1.54, 1.807) is 19.2 Å². The molecule has 0 saturated carbocycles. The van der Waals surface area contributed by atoms with Gasteiger partial charge in [0.2, 0.25) is 0 Å².